The number of hydrogen-bond acceptors (Lipinski definition) is 5. The lowest BCUT2D eigenvalue weighted by atomic mass is 9.84. The van der Waals surface area contributed by atoms with Crippen LogP contribution in [0.3, 0.4) is 0 Å². The van der Waals surface area contributed by atoms with Crippen molar-refractivity contribution in [2.75, 3.05) is 6.54 Å². The molecule has 0 aromatic heterocycles. The molecule has 7 nitrogen and oxygen atoms in total. The van der Waals surface area contributed by atoms with Gasteiger partial charge in [0.05, 0.1) is 17.0 Å². The SMILES string of the molecule is NC(=O)CN1OC2C(=O)N(C3CCCCC3)C(=O)C2C1c1c2ccccc2c(Cl)c2ccccc12. The van der Waals surface area contributed by atoms with Crippen LogP contribution in [0.5, 0.6) is 0 Å². The summed E-state index contributed by atoms with van der Waals surface area (Å²) in [5, 5.41) is 5.45. The highest BCUT2D eigenvalue weighted by atomic mass is 35.5. The van der Waals surface area contributed by atoms with Gasteiger partial charge in [-0.1, -0.05) is 79.4 Å². The number of nitrogens with zero attached hydrogens (tertiary/aromatic N) is 2. The average Bonchev–Trinajstić information content (AvgIpc) is 3.34. The number of nitrogens with two attached hydrogens (primary N) is 1. The molecule has 3 unspecified atom stereocenters. The summed E-state index contributed by atoms with van der Waals surface area (Å²) in [6, 6.07) is 14.7. The van der Waals surface area contributed by atoms with E-state index in [2.05, 4.69) is 0 Å². The van der Waals surface area contributed by atoms with Gasteiger partial charge in [0.25, 0.3) is 5.91 Å². The van der Waals surface area contributed by atoms with Crippen LogP contribution in [-0.4, -0.2) is 46.4 Å². The van der Waals surface area contributed by atoms with E-state index in [-0.39, 0.29) is 24.4 Å². The Morgan fingerprint density at radius 3 is 2.06 bits per heavy atom. The molecular weight excluding hydrogens is 466 g/mol. The van der Waals surface area contributed by atoms with E-state index in [0.29, 0.717) is 5.02 Å². The Morgan fingerprint density at radius 2 is 1.49 bits per heavy atom. The van der Waals surface area contributed by atoms with Gasteiger partial charge in [0, 0.05) is 16.8 Å². The van der Waals surface area contributed by atoms with Crippen molar-refractivity contribution >= 4 is 50.9 Å². The summed E-state index contributed by atoms with van der Waals surface area (Å²) >= 11 is 6.81. The fraction of sp³-hybridized carbons (Fsp3) is 0.370. The first-order valence-electron chi connectivity index (χ1n) is 12.1. The van der Waals surface area contributed by atoms with Crippen molar-refractivity contribution < 1.29 is 19.2 Å². The summed E-state index contributed by atoms with van der Waals surface area (Å²) < 4.78 is 0. The molecule has 3 amide bonds. The van der Waals surface area contributed by atoms with E-state index in [1.54, 1.807) is 0 Å². The molecule has 3 aromatic rings. The lowest BCUT2D eigenvalue weighted by Crippen LogP contribution is -2.45. The number of imide groups is 1. The molecule has 1 aliphatic carbocycles. The smallest absolute Gasteiger partial charge is 0.261 e. The molecule has 3 aromatic carbocycles. The number of rotatable bonds is 4. The minimum absolute atomic E-state index is 0.0955. The van der Waals surface area contributed by atoms with Crippen molar-refractivity contribution in [3.63, 3.8) is 0 Å². The van der Waals surface area contributed by atoms with Gasteiger partial charge in [-0.3, -0.25) is 24.1 Å². The van der Waals surface area contributed by atoms with Crippen molar-refractivity contribution in [1.29, 1.82) is 0 Å². The van der Waals surface area contributed by atoms with E-state index in [0.717, 1.165) is 59.2 Å². The number of primary amides is 1. The van der Waals surface area contributed by atoms with Gasteiger partial charge in [-0.2, -0.15) is 5.06 Å². The molecule has 2 N–H and O–H groups in total. The normalized spacial score (nSPS) is 25.6. The van der Waals surface area contributed by atoms with Gasteiger partial charge in [0.1, 0.15) is 6.54 Å². The number of likely N-dealkylation sites (tertiary alicyclic amines) is 1. The number of carbonyl (C=O) groups is 3. The predicted octanol–water partition coefficient (Wildman–Crippen LogP) is 4.11. The van der Waals surface area contributed by atoms with Crippen molar-refractivity contribution in [1.82, 2.24) is 9.96 Å². The van der Waals surface area contributed by atoms with Gasteiger partial charge in [-0.15, -0.1) is 0 Å². The molecule has 2 aliphatic heterocycles. The minimum Gasteiger partial charge on any atom is -0.368 e. The fourth-order valence-corrected chi connectivity index (χ4v) is 6.56. The molecule has 3 fully saturated rings. The minimum atomic E-state index is -0.970. The number of amides is 3. The van der Waals surface area contributed by atoms with Crippen molar-refractivity contribution in [2.45, 2.75) is 50.3 Å². The van der Waals surface area contributed by atoms with Gasteiger partial charge >= 0.3 is 0 Å². The van der Waals surface area contributed by atoms with Crippen LogP contribution < -0.4 is 5.73 Å². The first kappa shape index (κ1) is 22.5. The number of halogens is 1. The summed E-state index contributed by atoms with van der Waals surface area (Å²) in [5.41, 5.74) is 6.38. The van der Waals surface area contributed by atoms with Gasteiger partial charge in [-0.25, -0.2) is 0 Å². The highest BCUT2D eigenvalue weighted by Crippen LogP contribution is 2.50. The van der Waals surface area contributed by atoms with E-state index in [1.165, 1.54) is 9.96 Å². The highest BCUT2D eigenvalue weighted by molar-refractivity contribution is 6.41. The number of benzene rings is 3. The lowest BCUT2D eigenvalue weighted by molar-refractivity contribution is -0.183. The second-order valence-electron chi connectivity index (χ2n) is 9.70. The average molecular weight is 492 g/mol. The van der Waals surface area contributed by atoms with E-state index in [1.807, 2.05) is 48.5 Å². The molecule has 35 heavy (non-hydrogen) atoms. The Labute approximate surface area is 207 Å². The molecule has 1 saturated carbocycles. The van der Waals surface area contributed by atoms with Crippen LogP contribution in [-0.2, 0) is 19.2 Å². The predicted molar refractivity (Wildman–Crippen MR) is 132 cm³/mol. The molecule has 0 radical (unpaired) electrons. The van der Waals surface area contributed by atoms with Crippen LogP contribution in [0.2, 0.25) is 5.02 Å². The monoisotopic (exact) mass is 491 g/mol. The summed E-state index contributed by atoms with van der Waals surface area (Å²) in [7, 11) is 0. The standard InChI is InChI=1S/C27H26ClN3O4/c28-23-18-12-6-4-10-16(18)21(17-11-5-7-13-19(17)23)24-22-25(35-30(24)14-20(29)32)27(34)31(26(22)33)15-8-2-1-3-9-15/h4-7,10-13,15,22,24-25H,1-3,8-9,14H2,(H2,29,32). The largest absolute Gasteiger partial charge is 0.368 e. The molecule has 3 atom stereocenters. The zero-order valence-corrected chi connectivity index (χ0v) is 19.9. The molecule has 2 saturated heterocycles. The van der Waals surface area contributed by atoms with Gasteiger partial charge in [-0.05, 0) is 29.2 Å². The van der Waals surface area contributed by atoms with Crippen molar-refractivity contribution in [3.8, 4) is 0 Å². The molecule has 2 heterocycles. The fourth-order valence-electron chi connectivity index (χ4n) is 6.23. The molecule has 0 spiro atoms. The zero-order valence-electron chi connectivity index (χ0n) is 19.2. The third-order valence-electron chi connectivity index (χ3n) is 7.68. The van der Waals surface area contributed by atoms with Crippen LogP contribution in [0.15, 0.2) is 48.5 Å². The van der Waals surface area contributed by atoms with Crippen LogP contribution in [0.25, 0.3) is 21.5 Å². The second-order valence-corrected chi connectivity index (χ2v) is 10.1. The van der Waals surface area contributed by atoms with Crippen LogP contribution in [0.4, 0.5) is 0 Å². The zero-order chi connectivity index (χ0) is 24.3. The number of fused-ring (bicyclic) bond motifs is 3. The summed E-state index contributed by atoms with van der Waals surface area (Å²) in [4.78, 5) is 46.9. The Hall–Kier alpha value is -3.00. The number of hydrogen-bond donors (Lipinski definition) is 1. The first-order valence-corrected chi connectivity index (χ1v) is 12.5. The Balaban J connectivity index is 1.56. The van der Waals surface area contributed by atoms with Crippen molar-refractivity contribution in [2.24, 2.45) is 11.7 Å². The maximum atomic E-state index is 13.9. The molecule has 180 valence electrons. The van der Waals surface area contributed by atoms with Gasteiger partial charge in [0.15, 0.2) is 6.10 Å². The van der Waals surface area contributed by atoms with E-state index < -0.39 is 24.0 Å². The van der Waals surface area contributed by atoms with Crippen molar-refractivity contribution in [3.05, 3.63) is 59.1 Å². The summed E-state index contributed by atoms with van der Waals surface area (Å²) in [6.07, 6.45) is 3.79. The van der Waals surface area contributed by atoms with Gasteiger partial charge < -0.3 is 5.73 Å². The molecule has 0 bridgehead atoms. The van der Waals surface area contributed by atoms with E-state index >= 15 is 0 Å². The first-order chi connectivity index (χ1) is 17.0. The van der Waals surface area contributed by atoms with Crippen LogP contribution in [0, 0.1) is 5.92 Å². The van der Waals surface area contributed by atoms with Crippen LogP contribution >= 0.6 is 11.6 Å². The highest BCUT2D eigenvalue weighted by Gasteiger charge is 2.61. The lowest BCUT2D eigenvalue weighted by Gasteiger charge is -2.33. The van der Waals surface area contributed by atoms with Crippen LogP contribution in [0.1, 0.15) is 43.7 Å². The molecule has 8 heteroatoms. The quantitative estimate of drug-likeness (QED) is 0.438. The Bertz CT molecular complexity index is 1310. The van der Waals surface area contributed by atoms with E-state index in [4.69, 9.17) is 22.2 Å². The molecule has 3 aliphatic rings. The Morgan fingerprint density at radius 1 is 0.914 bits per heavy atom. The topological polar surface area (TPSA) is 92.9 Å². The summed E-state index contributed by atoms with van der Waals surface area (Å²) in [6.45, 7) is -0.229. The molecular formula is C27H26ClN3O4. The number of carbonyl (C=O) groups excluding carboxylic acids is 3. The third-order valence-corrected chi connectivity index (χ3v) is 8.09. The maximum Gasteiger partial charge on any atom is 0.261 e. The molecule has 6 rings (SSSR count). The third kappa shape index (κ3) is 3.44. The van der Waals surface area contributed by atoms with E-state index in [9.17, 15) is 14.4 Å². The van der Waals surface area contributed by atoms with Gasteiger partial charge in [0.2, 0.25) is 11.8 Å². The Kier molecular flexibility index (Phi) is 5.51. The second kappa shape index (κ2) is 8.59. The maximum absolute atomic E-state index is 13.9. The number of hydroxylamine groups is 2. The summed E-state index contributed by atoms with van der Waals surface area (Å²) in [5.74, 6) is -1.91.